The van der Waals surface area contributed by atoms with Crippen molar-refractivity contribution in [3.8, 4) is 0 Å². The minimum absolute atomic E-state index is 0. The number of halogens is 5. The summed E-state index contributed by atoms with van der Waals surface area (Å²) < 4.78 is 45.3. The third kappa shape index (κ3) is 7.71. The first-order chi connectivity index (χ1) is 11.8. The van der Waals surface area contributed by atoms with E-state index in [1.165, 1.54) is 11.1 Å². The van der Waals surface area contributed by atoms with Crippen LogP contribution in [-0.2, 0) is 4.74 Å². The number of hydrogen-bond acceptors (Lipinski definition) is 6. The van der Waals surface area contributed by atoms with Crippen LogP contribution in [0, 0.1) is 0 Å². The Bertz CT molecular complexity index is 572. The van der Waals surface area contributed by atoms with Crippen LogP contribution in [0.2, 0.25) is 0 Å². The monoisotopic (exact) mass is 452 g/mol. The van der Waals surface area contributed by atoms with Gasteiger partial charge in [0.2, 0.25) is 0 Å². The van der Waals surface area contributed by atoms with Crippen LogP contribution >= 0.6 is 36.2 Å². The Labute approximate surface area is 173 Å². The highest BCUT2D eigenvalue weighted by Crippen LogP contribution is 2.26. The maximum absolute atomic E-state index is 13.3. The van der Waals surface area contributed by atoms with Crippen molar-refractivity contribution in [3.63, 3.8) is 0 Å². The van der Waals surface area contributed by atoms with Crippen molar-refractivity contribution in [2.45, 2.75) is 32.2 Å². The molecule has 2 N–H and O–H groups in total. The molecule has 0 saturated carbocycles. The van der Waals surface area contributed by atoms with Crippen LogP contribution in [0.1, 0.15) is 34.6 Å². The lowest BCUT2D eigenvalue weighted by Gasteiger charge is -2.35. The summed E-state index contributed by atoms with van der Waals surface area (Å²) in [6.45, 7) is 5.32. The first-order valence-corrected chi connectivity index (χ1v) is 9.01. The van der Waals surface area contributed by atoms with Gasteiger partial charge in [-0.25, -0.2) is 4.98 Å². The van der Waals surface area contributed by atoms with Crippen molar-refractivity contribution in [2.24, 2.45) is 0 Å². The van der Waals surface area contributed by atoms with Crippen molar-refractivity contribution in [1.82, 2.24) is 20.5 Å². The molecule has 0 bridgehead atoms. The van der Waals surface area contributed by atoms with E-state index in [2.05, 4.69) is 15.6 Å². The molecule has 6 nitrogen and oxygen atoms in total. The van der Waals surface area contributed by atoms with E-state index >= 15 is 0 Å². The molecule has 12 heteroatoms. The van der Waals surface area contributed by atoms with Crippen molar-refractivity contribution in [1.29, 1.82) is 0 Å². The second kappa shape index (κ2) is 12.0. The topological polar surface area (TPSA) is 66.5 Å². The van der Waals surface area contributed by atoms with Crippen LogP contribution in [0.5, 0.6) is 0 Å². The molecule has 158 valence electrons. The first kappa shape index (κ1) is 26.4. The Morgan fingerprint density at radius 2 is 2.04 bits per heavy atom. The molecular formula is C15H25Cl2F3N4O2S. The van der Waals surface area contributed by atoms with E-state index in [0.717, 1.165) is 11.3 Å². The van der Waals surface area contributed by atoms with Crippen LogP contribution in [-0.4, -0.2) is 67.3 Å². The van der Waals surface area contributed by atoms with Crippen LogP contribution < -0.4 is 10.6 Å². The summed E-state index contributed by atoms with van der Waals surface area (Å²) in [5, 5.41) is 6.04. The molecule has 0 radical (unpaired) electrons. The predicted molar refractivity (Wildman–Crippen MR) is 103 cm³/mol. The number of ether oxygens (including phenoxy) is 1. The number of carbonyl (C=O) groups is 1. The van der Waals surface area contributed by atoms with Gasteiger partial charge in [0, 0.05) is 39.3 Å². The van der Waals surface area contributed by atoms with Crippen molar-refractivity contribution < 1.29 is 22.7 Å². The smallest absolute Gasteiger partial charge is 0.372 e. The maximum Gasteiger partial charge on any atom is 0.405 e. The molecule has 1 saturated heterocycles. The first-order valence-electron chi connectivity index (χ1n) is 8.20. The third-order valence-electron chi connectivity index (χ3n) is 3.94. The van der Waals surface area contributed by atoms with Gasteiger partial charge in [0.1, 0.15) is 22.0 Å². The van der Waals surface area contributed by atoms with Crippen molar-refractivity contribution >= 4 is 42.1 Å². The van der Waals surface area contributed by atoms with Gasteiger partial charge < -0.3 is 15.4 Å². The van der Waals surface area contributed by atoms with Crippen LogP contribution in [0.4, 0.5) is 13.2 Å². The number of carbonyl (C=O) groups excluding carboxylic acids is 1. The Balaban J connectivity index is 0.00000338. The summed E-state index contributed by atoms with van der Waals surface area (Å²) in [5.41, 5.74) is 0. The van der Waals surface area contributed by atoms with Gasteiger partial charge in [-0.1, -0.05) is 0 Å². The predicted octanol–water partition coefficient (Wildman–Crippen LogP) is 2.65. The van der Waals surface area contributed by atoms with Gasteiger partial charge in [0.05, 0.1) is 6.20 Å². The van der Waals surface area contributed by atoms with E-state index in [1.807, 2.05) is 13.8 Å². The Morgan fingerprint density at radius 3 is 2.59 bits per heavy atom. The Hall–Kier alpha value is -0.650. The molecule has 1 amide bonds. The zero-order valence-corrected chi connectivity index (χ0v) is 17.5. The van der Waals surface area contributed by atoms with E-state index < -0.39 is 24.7 Å². The molecule has 0 aliphatic carbocycles. The second-order valence-electron chi connectivity index (χ2n) is 5.71. The van der Waals surface area contributed by atoms with Gasteiger partial charge in [0.25, 0.3) is 5.91 Å². The number of alkyl halides is 3. The standard InChI is InChI=1S/C15H23F3N4O2S.2ClH/c1-3-24-10(2)14-21-8-11(25-14)13(23)20-9-12(15(16,17)18)22-6-4-19-5-7-22;;/h8,10,12,19H,3-7,9H2,1-2H3,(H,20,23);2*1H. The fourth-order valence-corrected chi connectivity index (χ4v) is 3.46. The molecule has 1 aromatic heterocycles. The van der Waals surface area contributed by atoms with Crippen molar-refractivity contribution in [3.05, 3.63) is 16.1 Å². The highest BCUT2D eigenvalue weighted by atomic mass is 35.5. The molecule has 1 aromatic rings. The van der Waals surface area contributed by atoms with E-state index in [4.69, 9.17) is 4.74 Å². The zero-order chi connectivity index (χ0) is 18.4. The summed E-state index contributed by atoms with van der Waals surface area (Å²) in [6, 6.07) is -1.69. The van der Waals surface area contributed by atoms with Crippen LogP contribution in [0.15, 0.2) is 6.20 Å². The average molecular weight is 453 g/mol. The average Bonchev–Trinajstić information content (AvgIpc) is 3.05. The van der Waals surface area contributed by atoms with E-state index in [1.54, 1.807) is 0 Å². The minimum atomic E-state index is -4.40. The van der Waals surface area contributed by atoms with Gasteiger partial charge in [-0.3, -0.25) is 9.69 Å². The number of hydrogen-bond donors (Lipinski definition) is 2. The quantitative estimate of drug-likeness (QED) is 0.665. The van der Waals surface area contributed by atoms with Crippen molar-refractivity contribution in [2.75, 3.05) is 39.3 Å². The van der Waals surface area contributed by atoms with Crippen LogP contribution in [0.25, 0.3) is 0 Å². The van der Waals surface area contributed by atoms with E-state index in [-0.39, 0.29) is 35.8 Å². The number of aromatic nitrogens is 1. The molecule has 1 aliphatic heterocycles. The molecule has 2 heterocycles. The van der Waals surface area contributed by atoms with E-state index in [9.17, 15) is 18.0 Å². The fourth-order valence-electron chi connectivity index (χ4n) is 2.62. The lowest BCUT2D eigenvalue weighted by atomic mass is 10.2. The summed E-state index contributed by atoms with van der Waals surface area (Å²) in [6.07, 6.45) is -3.27. The summed E-state index contributed by atoms with van der Waals surface area (Å²) in [4.78, 5) is 17.9. The number of nitrogens with one attached hydrogen (secondary N) is 2. The third-order valence-corrected chi connectivity index (χ3v) is 5.10. The SMILES string of the molecule is CCOC(C)c1ncc(C(=O)NCC(N2CCNCC2)C(F)(F)F)s1.Cl.Cl. The number of rotatable bonds is 7. The van der Waals surface area contributed by atoms with E-state index in [0.29, 0.717) is 37.8 Å². The Kier molecular flexibility index (Phi) is 11.7. The summed E-state index contributed by atoms with van der Waals surface area (Å²) >= 11 is 1.13. The zero-order valence-electron chi connectivity index (χ0n) is 15.0. The molecule has 1 aliphatic rings. The fraction of sp³-hybridized carbons (Fsp3) is 0.733. The Morgan fingerprint density at radius 1 is 1.41 bits per heavy atom. The van der Waals surface area contributed by atoms with Crippen LogP contribution in [0.3, 0.4) is 0 Å². The van der Waals surface area contributed by atoms with Gasteiger partial charge in [-0.05, 0) is 13.8 Å². The van der Waals surface area contributed by atoms with Gasteiger partial charge in [0.15, 0.2) is 0 Å². The number of amides is 1. The number of thiazole rings is 1. The molecule has 2 rings (SSSR count). The molecule has 2 atom stereocenters. The van der Waals surface area contributed by atoms with Gasteiger partial charge >= 0.3 is 6.18 Å². The lowest BCUT2D eigenvalue weighted by molar-refractivity contribution is -0.183. The van der Waals surface area contributed by atoms with Gasteiger partial charge in [-0.2, -0.15) is 13.2 Å². The molecule has 0 spiro atoms. The molecule has 27 heavy (non-hydrogen) atoms. The molecule has 1 fully saturated rings. The largest absolute Gasteiger partial charge is 0.405 e. The summed E-state index contributed by atoms with van der Waals surface area (Å²) in [5.74, 6) is -0.545. The molecular weight excluding hydrogens is 428 g/mol. The van der Waals surface area contributed by atoms with Gasteiger partial charge in [-0.15, -0.1) is 36.2 Å². The molecule has 0 aromatic carbocycles. The lowest BCUT2D eigenvalue weighted by Crippen LogP contribution is -2.57. The summed E-state index contributed by atoms with van der Waals surface area (Å²) in [7, 11) is 0. The normalized spacial score (nSPS) is 17.4. The number of nitrogens with zero attached hydrogens (tertiary/aromatic N) is 2. The second-order valence-corrected chi connectivity index (χ2v) is 6.78. The maximum atomic E-state index is 13.3. The highest BCUT2D eigenvalue weighted by Gasteiger charge is 2.43. The molecule has 2 unspecified atom stereocenters. The highest BCUT2D eigenvalue weighted by molar-refractivity contribution is 7.13. The number of piperazine rings is 1. The minimum Gasteiger partial charge on any atom is -0.372 e.